The van der Waals surface area contributed by atoms with Crippen LogP contribution in [0.15, 0.2) is 30.6 Å². The molecule has 0 fully saturated rings. The number of amides is 1. The van der Waals surface area contributed by atoms with Crippen molar-refractivity contribution in [2.75, 3.05) is 7.11 Å². The fourth-order valence-electron chi connectivity index (χ4n) is 2.47. The number of aryl methyl sites for hydroxylation is 1. The van der Waals surface area contributed by atoms with Gasteiger partial charge in [-0.1, -0.05) is 6.07 Å². The Labute approximate surface area is 149 Å². The van der Waals surface area contributed by atoms with Crippen LogP contribution in [0.25, 0.3) is 5.76 Å². The van der Waals surface area contributed by atoms with Gasteiger partial charge in [-0.25, -0.2) is 4.79 Å². The molecule has 2 aromatic rings. The van der Waals surface area contributed by atoms with Crippen molar-refractivity contribution in [2.45, 2.75) is 20.4 Å². The highest BCUT2D eigenvalue weighted by atomic mass is 16.5. The van der Waals surface area contributed by atoms with Crippen LogP contribution in [0.1, 0.15) is 32.9 Å². The number of rotatable bonds is 6. The topological polar surface area (TPSA) is 121 Å². The molecule has 26 heavy (non-hydrogen) atoms. The third kappa shape index (κ3) is 4.15. The van der Waals surface area contributed by atoms with E-state index in [0.717, 1.165) is 11.6 Å². The second-order valence-electron chi connectivity index (χ2n) is 5.55. The van der Waals surface area contributed by atoms with Crippen LogP contribution in [0.3, 0.4) is 0 Å². The van der Waals surface area contributed by atoms with Gasteiger partial charge in [0.05, 0.1) is 7.11 Å². The van der Waals surface area contributed by atoms with Crippen molar-refractivity contribution >= 4 is 23.4 Å². The molecule has 0 aliphatic rings. The first kappa shape index (κ1) is 18.9. The number of ether oxygens (including phenoxy) is 1. The predicted octanol–water partition coefficient (Wildman–Crippen LogP) is 1.60. The lowest BCUT2D eigenvalue weighted by atomic mass is 10.1. The SMILES string of the molecule is COC(=O)c1[nH]c(C)c(C(O)=CC(=O)C(=O)NCc2cccnc2)c1C. The quantitative estimate of drug-likeness (QED) is 0.312. The molecule has 2 aromatic heterocycles. The molecule has 0 radical (unpaired) electrons. The van der Waals surface area contributed by atoms with E-state index in [1.807, 2.05) is 0 Å². The van der Waals surface area contributed by atoms with Gasteiger partial charge in [-0.2, -0.15) is 0 Å². The molecule has 0 unspecified atom stereocenters. The zero-order valence-electron chi connectivity index (χ0n) is 14.6. The maximum Gasteiger partial charge on any atom is 0.354 e. The molecule has 8 nitrogen and oxygen atoms in total. The number of methoxy groups -OCH3 is 1. The van der Waals surface area contributed by atoms with Crippen molar-refractivity contribution in [1.82, 2.24) is 15.3 Å². The molecule has 0 bridgehead atoms. The number of ketones is 1. The highest BCUT2D eigenvalue weighted by molar-refractivity contribution is 6.41. The number of hydrogen-bond acceptors (Lipinski definition) is 6. The van der Waals surface area contributed by atoms with Crippen molar-refractivity contribution in [3.63, 3.8) is 0 Å². The number of carbonyl (C=O) groups excluding carboxylic acids is 3. The Bertz CT molecular complexity index is 868. The lowest BCUT2D eigenvalue weighted by Crippen LogP contribution is -2.29. The summed E-state index contributed by atoms with van der Waals surface area (Å²) in [5.74, 6) is -2.77. The van der Waals surface area contributed by atoms with Gasteiger partial charge >= 0.3 is 5.97 Å². The van der Waals surface area contributed by atoms with E-state index < -0.39 is 23.4 Å². The molecule has 0 saturated carbocycles. The van der Waals surface area contributed by atoms with Crippen LogP contribution in [-0.2, 0) is 20.9 Å². The Morgan fingerprint density at radius 1 is 1.35 bits per heavy atom. The average Bonchev–Trinajstić information content (AvgIpc) is 2.94. The van der Waals surface area contributed by atoms with Gasteiger partial charge in [0.15, 0.2) is 0 Å². The normalized spacial score (nSPS) is 11.1. The predicted molar refractivity (Wildman–Crippen MR) is 93.3 cm³/mol. The molecule has 2 heterocycles. The first-order valence-electron chi connectivity index (χ1n) is 7.74. The minimum Gasteiger partial charge on any atom is -0.507 e. The number of aliphatic hydroxyl groups excluding tert-OH is 1. The summed E-state index contributed by atoms with van der Waals surface area (Å²) < 4.78 is 4.65. The summed E-state index contributed by atoms with van der Waals surface area (Å²) in [6.45, 7) is 3.37. The molecular formula is C18H19N3O5. The molecule has 1 amide bonds. The standard InChI is InChI=1S/C18H19N3O5/c1-10-15(11(2)21-16(10)18(25)26-3)13(22)7-14(23)17(24)20-9-12-5-4-6-19-8-12/h4-8,21-22H,9H2,1-3H3,(H,20,24). The molecule has 0 saturated heterocycles. The number of esters is 1. The minimum atomic E-state index is -0.911. The van der Waals surface area contributed by atoms with E-state index in [2.05, 4.69) is 20.0 Å². The van der Waals surface area contributed by atoms with Crippen molar-refractivity contribution in [2.24, 2.45) is 0 Å². The average molecular weight is 357 g/mol. The second-order valence-corrected chi connectivity index (χ2v) is 5.55. The van der Waals surface area contributed by atoms with Gasteiger partial charge in [0.25, 0.3) is 5.91 Å². The van der Waals surface area contributed by atoms with E-state index in [1.54, 1.807) is 38.4 Å². The number of H-pyrrole nitrogens is 1. The third-order valence-electron chi connectivity index (χ3n) is 3.75. The largest absolute Gasteiger partial charge is 0.507 e. The monoisotopic (exact) mass is 357 g/mol. The van der Waals surface area contributed by atoms with E-state index in [-0.39, 0.29) is 17.8 Å². The summed E-state index contributed by atoms with van der Waals surface area (Å²) in [6.07, 6.45) is 3.99. The van der Waals surface area contributed by atoms with Crippen LogP contribution >= 0.6 is 0 Å². The summed E-state index contributed by atoms with van der Waals surface area (Å²) in [5.41, 5.74) is 2.08. The van der Waals surface area contributed by atoms with Crippen molar-refractivity contribution in [1.29, 1.82) is 0 Å². The lowest BCUT2D eigenvalue weighted by molar-refractivity contribution is -0.135. The fraction of sp³-hybridized carbons (Fsp3) is 0.222. The van der Waals surface area contributed by atoms with Gasteiger partial charge in [-0.15, -0.1) is 0 Å². The molecule has 0 aromatic carbocycles. The number of nitrogens with zero attached hydrogens (tertiary/aromatic N) is 1. The molecular weight excluding hydrogens is 338 g/mol. The summed E-state index contributed by atoms with van der Waals surface area (Å²) in [7, 11) is 1.24. The Hall–Kier alpha value is -3.42. The minimum absolute atomic E-state index is 0.141. The van der Waals surface area contributed by atoms with Crippen molar-refractivity contribution in [3.8, 4) is 0 Å². The van der Waals surface area contributed by atoms with E-state index in [0.29, 0.717) is 11.3 Å². The number of aromatic amines is 1. The summed E-state index contributed by atoms with van der Waals surface area (Å²) >= 11 is 0. The zero-order valence-corrected chi connectivity index (χ0v) is 14.6. The Morgan fingerprint density at radius 2 is 2.08 bits per heavy atom. The second kappa shape index (κ2) is 8.11. The van der Waals surface area contributed by atoms with E-state index in [1.165, 1.54) is 7.11 Å². The van der Waals surface area contributed by atoms with Crippen LogP contribution in [0.2, 0.25) is 0 Å². The number of aromatic nitrogens is 2. The molecule has 0 aliphatic carbocycles. The zero-order chi connectivity index (χ0) is 19.3. The lowest BCUT2D eigenvalue weighted by Gasteiger charge is -2.04. The number of carbonyl (C=O) groups is 3. The molecule has 0 aliphatic heterocycles. The van der Waals surface area contributed by atoms with E-state index >= 15 is 0 Å². The Balaban J connectivity index is 2.13. The number of nitrogens with one attached hydrogen (secondary N) is 2. The van der Waals surface area contributed by atoms with Crippen LogP contribution < -0.4 is 5.32 Å². The smallest absolute Gasteiger partial charge is 0.354 e. The maximum absolute atomic E-state index is 12.0. The molecule has 0 spiro atoms. The van der Waals surface area contributed by atoms with Crippen molar-refractivity contribution in [3.05, 3.63) is 58.7 Å². The van der Waals surface area contributed by atoms with Crippen LogP contribution in [-0.4, -0.2) is 39.8 Å². The summed E-state index contributed by atoms with van der Waals surface area (Å²) in [6, 6.07) is 3.47. The van der Waals surface area contributed by atoms with Gasteiger partial charge in [-0.05, 0) is 31.0 Å². The van der Waals surface area contributed by atoms with Gasteiger partial charge < -0.3 is 20.1 Å². The first-order valence-corrected chi connectivity index (χ1v) is 7.74. The maximum atomic E-state index is 12.0. The number of hydrogen-bond donors (Lipinski definition) is 3. The van der Waals surface area contributed by atoms with Gasteiger partial charge in [0, 0.05) is 36.3 Å². The molecule has 136 valence electrons. The van der Waals surface area contributed by atoms with Gasteiger partial charge in [0.1, 0.15) is 11.5 Å². The first-order chi connectivity index (χ1) is 12.3. The van der Waals surface area contributed by atoms with Gasteiger partial charge in [-0.3, -0.25) is 14.6 Å². The Kier molecular flexibility index (Phi) is 5.90. The highest BCUT2D eigenvalue weighted by Gasteiger charge is 2.21. The Morgan fingerprint density at radius 3 is 2.69 bits per heavy atom. The molecule has 3 N–H and O–H groups in total. The molecule has 2 rings (SSSR count). The van der Waals surface area contributed by atoms with Crippen LogP contribution in [0.4, 0.5) is 0 Å². The number of aliphatic hydroxyl groups is 1. The van der Waals surface area contributed by atoms with E-state index in [9.17, 15) is 19.5 Å². The summed E-state index contributed by atoms with van der Waals surface area (Å²) in [4.78, 5) is 42.3. The van der Waals surface area contributed by atoms with Crippen LogP contribution in [0.5, 0.6) is 0 Å². The van der Waals surface area contributed by atoms with Crippen LogP contribution in [0, 0.1) is 13.8 Å². The van der Waals surface area contributed by atoms with Gasteiger partial charge in [0.2, 0.25) is 5.78 Å². The third-order valence-corrected chi connectivity index (χ3v) is 3.75. The summed E-state index contributed by atoms with van der Waals surface area (Å²) in [5, 5.41) is 12.7. The number of pyridine rings is 1. The van der Waals surface area contributed by atoms with Crippen molar-refractivity contribution < 1.29 is 24.2 Å². The molecule has 8 heteroatoms. The highest BCUT2D eigenvalue weighted by Crippen LogP contribution is 2.24. The fourth-order valence-corrected chi connectivity index (χ4v) is 2.47. The molecule has 0 atom stereocenters. The van der Waals surface area contributed by atoms with E-state index in [4.69, 9.17) is 0 Å².